The Bertz CT molecular complexity index is 787. The second-order valence-corrected chi connectivity index (χ2v) is 5.13. The van der Waals surface area contributed by atoms with Crippen molar-refractivity contribution in [2.75, 3.05) is 11.9 Å². The maximum absolute atomic E-state index is 13.6. The second-order valence-electron chi connectivity index (χ2n) is 5.13. The molecule has 0 aliphatic rings. The van der Waals surface area contributed by atoms with Gasteiger partial charge < -0.3 is 10.1 Å². The molecule has 1 N–H and O–H groups in total. The van der Waals surface area contributed by atoms with E-state index in [-0.39, 0.29) is 17.7 Å². The van der Waals surface area contributed by atoms with Gasteiger partial charge in [0, 0.05) is 12.4 Å². The summed E-state index contributed by atoms with van der Waals surface area (Å²) in [7, 11) is 0. The normalized spacial score (nSPS) is 12.3. The van der Waals surface area contributed by atoms with Gasteiger partial charge in [0.15, 0.2) is 17.4 Å². The first-order valence-corrected chi connectivity index (χ1v) is 7.09. The zero-order chi connectivity index (χ0) is 15.5. The summed E-state index contributed by atoms with van der Waals surface area (Å²) in [5, 5.41) is 7.56. The summed E-state index contributed by atoms with van der Waals surface area (Å²) >= 11 is 0. The van der Waals surface area contributed by atoms with E-state index in [1.165, 1.54) is 6.07 Å². The highest BCUT2D eigenvalue weighted by Gasteiger charge is 2.10. The number of ether oxygens (including phenoxy) is 1. The Morgan fingerprint density at radius 1 is 1.36 bits per heavy atom. The molecule has 6 heteroatoms. The average Bonchev–Trinajstić information content (AvgIpc) is 2.88. The number of benzene rings is 1. The number of fused-ring (bicyclic) bond motifs is 1. The highest BCUT2D eigenvalue weighted by atomic mass is 19.1. The minimum absolute atomic E-state index is 0.206. The largest absolute Gasteiger partial charge is 0.486 e. The van der Waals surface area contributed by atoms with E-state index in [1.54, 1.807) is 35.1 Å². The molecular weight excluding hydrogens is 283 g/mol. The number of anilines is 1. The van der Waals surface area contributed by atoms with E-state index in [9.17, 15) is 4.39 Å². The van der Waals surface area contributed by atoms with Crippen molar-refractivity contribution >= 4 is 11.3 Å². The number of nitrogens with one attached hydrogen (secondary N) is 1. The Morgan fingerprint density at radius 3 is 3.00 bits per heavy atom. The van der Waals surface area contributed by atoms with Crippen molar-refractivity contribution < 1.29 is 9.13 Å². The minimum Gasteiger partial charge on any atom is -0.486 e. The second kappa shape index (κ2) is 6.01. The third-order valence-corrected chi connectivity index (χ3v) is 3.23. The number of rotatable bonds is 5. The summed E-state index contributed by atoms with van der Waals surface area (Å²) in [6, 6.07) is 8.34. The van der Waals surface area contributed by atoms with E-state index >= 15 is 0 Å². The van der Waals surface area contributed by atoms with Crippen LogP contribution in [-0.2, 0) is 0 Å². The van der Waals surface area contributed by atoms with Gasteiger partial charge in [0.2, 0.25) is 0 Å². The molecular formula is C16H17FN4O. The van der Waals surface area contributed by atoms with E-state index in [0.717, 1.165) is 17.0 Å². The van der Waals surface area contributed by atoms with Crippen molar-refractivity contribution in [3.63, 3.8) is 0 Å². The molecule has 1 atom stereocenters. The van der Waals surface area contributed by atoms with E-state index in [2.05, 4.69) is 15.4 Å². The number of aromatic nitrogens is 3. The first-order chi connectivity index (χ1) is 10.6. The summed E-state index contributed by atoms with van der Waals surface area (Å²) in [5.41, 5.74) is 1.82. The predicted molar refractivity (Wildman–Crippen MR) is 82.7 cm³/mol. The Labute approximate surface area is 127 Å². The third kappa shape index (κ3) is 3.00. The average molecular weight is 300 g/mol. The van der Waals surface area contributed by atoms with Crippen LogP contribution >= 0.6 is 0 Å². The maximum Gasteiger partial charge on any atom is 0.165 e. The fraction of sp³-hybridized carbons (Fsp3) is 0.250. The molecule has 0 amide bonds. The Morgan fingerprint density at radius 2 is 2.18 bits per heavy atom. The van der Waals surface area contributed by atoms with Gasteiger partial charge in [-0.15, -0.1) is 0 Å². The van der Waals surface area contributed by atoms with E-state index in [1.807, 2.05) is 19.9 Å². The van der Waals surface area contributed by atoms with Crippen LogP contribution in [0.25, 0.3) is 5.52 Å². The van der Waals surface area contributed by atoms with Crippen molar-refractivity contribution in [2.45, 2.75) is 20.0 Å². The van der Waals surface area contributed by atoms with Crippen molar-refractivity contribution in [1.29, 1.82) is 0 Å². The molecule has 1 unspecified atom stereocenters. The molecule has 0 saturated heterocycles. The van der Waals surface area contributed by atoms with E-state index in [4.69, 9.17) is 4.74 Å². The smallest absolute Gasteiger partial charge is 0.165 e. The van der Waals surface area contributed by atoms with Crippen LogP contribution in [0.5, 0.6) is 5.75 Å². The lowest BCUT2D eigenvalue weighted by molar-refractivity contribution is 0.224. The molecule has 0 radical (unpaired) electrons. The standard InChI is InChI=1S/C16H17FN4O/c1-11-9-14-16(18-7-8-21(14)20-11)19-10-12(2)22-15-6-4-3-5-13(15)17/h3-9,12H,10H2,1-2H3,(H,18,19). The Hall–Kier alpha value is -2.63. The number of halogens is 1. The van der Waals surface area contributed by atoms with Gasteiger partial charge >= 0.3 is 0 Å². The van der Waals surface area contributed by atoms with Gasteiger partial charge in [-0.05, 0) is 32.0 Å². The lowest BCUT2D eigenvalue weighted by atomic mass is 10.3. The lowest BCUT2D eigenvalue weighted by Gasteiger charge is -2.16. The zero-order valence-electron chi connectivity index (χ0n) is 12.5. The molecule has 0 aliphatic heterocycles. The predicted octanol–water partition coefficient (Wildman–Crippen LogP) is 3.06. The molecule has 22 heavy (non-hydrogen) atoms. The van der Waals surface area contributed by atoms with Gasteiger partial charge in [-0.1, -0.05) is 12.1 Å². The van der Waals surface area contributed by atoms with E-state index in [0.29, 0.717) is 6.54 Å². The third-order valence-electron chi connectivity index (χ3n) is 3.23. The summed E-state index contributed by atoms with van der Waals surface area (Å²) in [6.07, 6.45) is 3.28. The van der Waals surface area contributed by atoms with Crippen LogP contribution in [0.15, 0.2) is 42.7 Å². The molecule has 2 heterocycles. The summed E-state index contributed by atoms with van der Waals surface area (Å²) in [4.78, 5) is 4.32. The number of para-hydroxylation sites is 1. The van der Waals surface area contributed by atoms with Crippen molar-refractivity contribution in [2.24, 2.45) is 0 Å². The zero-order valence-corrected chi connectivity index (χ0v) is 12.5. The summed E-state index contributed by atoms with van der Waals surface area (Å²) in [6.45, 7) is 4.31. The van der Waals surface area contributed by atoms with Gasteiger partial charge in [-0.2, -0.15) is 5.10 Å². The molecule has 3 rings (SSSR count). The molecule has 0 fully saturated rings. The van der Waals surface area contributed by atoms with Crippen LogP contribution in [0.1, 0.15) is 12.6 Å². The van der Waals surface area contributed by atoms with Crippen LogP contribution in [0.3, 0.4) is 0 Å². The van der Waals surface area contributed by atoms with Gasteiger partial charge in [-0.25, -0.2) is 13.9 Å². The number of aryl methyl sites for hydroxylation is 1. The molecule has 0 aliphatic carbocycles. The minimum atomic E-state index is -0.360. The Balaban J connectivity index is 1.67. The van der Waals surface area contributed by atoms with Crippen LogP contribution in [0.2, 0.25) is 0 Å². The number of nitrogens with zero attached hydrogens (tertiary/aromatic N) is 3. The van der Waals surface area contributed by atoms with Crippen molar-refractivity contribution in [3.8, 4) is 5.75 Å². The first-order valence-electron chi connectivity index (χ1n) is 7.09. The van der Waals surface area contributed by atoms with Gasteiger partial charge in [0.25, 0.3) is 0 Å². The number of hydrogen-bond donors (Lipinski definition) is 1. The highest BCUT2D eigenvalue weighted by Crippen LogP contribution is 2.18. The SMILES string of the molecule is Cc1cc2c(NCC(C)Oc3ccccc3F)nccn2n1. The quantitative estimate of drug-likeness (QED) is 0.787. The lowest BCUT2D eigenvalue weighted by Crippen LogP contribution is -2.23. The van der Waals surface area contributed by atoms with Crippen LogP contribution < -0.4 is 10.1 Å². The highest BCUT2D eigenvalue weighted by molar-refractivity contribution is 5.67. The fourth-order valence-corrected chi connectivity index (χ4v) is 2.22. The summed E-state index contributed by atoms with van der Waals surface area (Å²) < 4.78 is 20.9. The van der Waals surface area contributed by atoms with Crippen LogP contribution in [0.4, 0.5) is 10.2 Å². The van der Waals surface area contributed by atoms with Gasteiger partial charge in [-0.3, -0.25) is 0 Å². The Kier molecular flexibility index (Phi) is 3.91. The molecule has 0 spiro atoms. The monoisotopic (exact) mass is 300 g/mol. The van der Waals surface area contributed by atoms with Crippen LogP contribution in [-0.4, -0.2) is 27.2 Å². The van der Waals surface area contributed by atoms with Gasteiger partial charge in [0.1, 0.15) is 11.6 Å². The molecule has 2 aromatic heterocycles. The molecule has 0 bridgehead atoms. The van der Waals surface area contributed by atoms with Crippen molar-refractivity contribution in [1.82, 2.24) is 14.6 Å². The fourth-order valence-electron chi connectivity index (χ4n) is 2.22. The molecule has 3 aromatic rings. The van der Waals surface area contributed by atoms with E-state index < -0.39 is 0 Å². The summed E-state index contributed by atoms with van der Waals surface area (Å²) in [5.74, 6) is 0.622. The maximum atomic E-state index is 13.6. The van der Waals surface area contributed by atoms with Crippen LogP contribution in [0, 0.1) is 12.7 Å². The van der Waals surface area contributed by atoms with Gasteiger partial charge in [0.05, 0.1) is 12.2 Å². The molecule has 0 saturated carbocycles. The first kappa shape index (κ1) is 14.3. The topological polar surface area (TPSA) is 51.5 Å². The molecule has 1 aromatic carbocycles. The number of hydrogen-bond acceptors (Lipinski definition) is 4. The molecule has 5 nitrogen and oxygen atoms in total. The van der Waals surface area contributed by atoms with Crippen molar-refractivity contribution in [3.05, 3.63) is 54.2 Å². The molecule has 114 valence electrons.